The Morgan fingerprint density at radius 2 is 1.84 bits per heavy atom. The monoisotopic (exact) mass is 276 g/mol. The van der Waals surface area contributed by atoms with E-state index in [-0.39, 0.29) is 0 Å². The first kappa shape index (κ1) is 12.3. The Morgan fingerprint density at radius 1 is 1.26 bits per heavy atom. The molecule has 0 spiro atoms. The summed E-state index contributed by atoms with van der Waals surface area (Å²) < 4.78 is 0. The summed E-state index contributed by atoms with van der Waals surface area (Å²) in [7, 11) is 0. The molecule has 19 heavy (non-hydrogen) atoms. The lowest BCUT2D eigenvalue weighted by Gasteiger charge is -2.59. The molecule has 4 bridgehead atoms. The van der Waals surface area contributed by atoms with Gasteiger partial charge in [-0.15, -0.1) is 11.3 Å². The van der Waals surface area contributed by atoms with Crippen molar-refractivity contribution in [2.45, 2.75) is 57.9 Å². The van der Waals surface area contributed by atoms with Gasteiger partial charge in [-0.1, -0.05) is 0 Å². The fourth-order valence-corrected chi connectivity index (χ4v) is 6.20. The lowest BCUT2D eigenvalue weighted by molar-refractivity contribution is -0.0668. The molecular weight excluding hydrogens is 252 g/mol. The van der Waals surface area contributed by atoms with E-state index in [1.807, 2.05) is 0 Å². The van der Waals surface area contributed by atoms with Gasteiger partial charge in [0, 0.05) is 17.8 Å². The van der Waals surface area contributed by atoms with Gasteiger partial charge in [-0.05, 0) is 68.6 Å². The molecule has 2 nitrogen and oxygen atoms in total. The average Bonchev–Trinajstić information content (AvgIpc) is 2.73. The van der Waals surface area contributed by atoms with Crippen LogP contribution in [0.15, 0.2) is 5.38 Å². The highest BCUT2D eigenvalue weighted by Crippen LogP contribution is 2.61. The minimum absolute atomic E-state index is 0.336. The predicted molar refractivity (Wildman–Crippen MR) is 79.1 cm³/mol. The molecule has 0 saturated heterocycles. The molecule has 0 amide bonds. The zero-order valence-corrected chi connectivity index (χ0v) is 12.6. The van der Waals surface area contributed by atoms with Crippen LogP contribution in [0.5, 0.6) is 0 Å². The van der Waals surface area contributed by atoms with Crippen molar-refractivity contribution in [3.8, 4) is 0 Å². The molecule has 2 N–H and O–H groups in total. The van der Waals surface area contributed by atoms with Crippen molar-refractivity contribution >= 4 is 11.3 Å². The van der Waals surface area contributed by atoms with Crippen molar-refractivity contribution in [2.24, 2.45) is 28.9 Å². The number of aryl methyl sites for hydroxylation is 1. The molecule has 0 aliphatic heterocycles. The fourth-order valence-electron chi connectivity index (χ4n) is 5.58. The van der Waals surface area contributed by atoms with E-state index in [0.29, 0.717) is 11.5 Å². The summed E-state index contributed by atoms with van der Waals surface area (Å²) >= 11 is 1.76. The summed E-state index contributed by atoms with van der Waals surface area (Å²) in [6, 6.07) is 0.336. The Bertz CT molecular complexity index is 444. The van der Waals surface area contributed by atoms with Gasteiger partial charge in [-0.2, -0.15) is 0 Å². The van der Waals surface area contributed by atoms with Crippen LogP contribution in [0.4, 0.5) is 0 Å². The standard InChI is InChI=1S/C16H24N2S/c1-10-18-14(9-19-10)5-15(17)16-6-11-2-12(7-16)4-13(3-11)8-16/h9,11-13,15H,2-8,17H2,1H3. The Morgan fingerprint density at radius 3 is 2.32 bits per heavy atom. The number of aromatic nitrogens is 1. The second-order valence-electron chi connectivity index (χ2n) is 7.45. The van der Waals surface area contributed by atoms with Gasteiger partial charge in [0.2, 0.25) is 0 Å². The number of hydrogen-bond acceptors (Lipinski definition) is 3. The Balaban J connectivity index is 1.54. The first-order chi connectivity index (χ1) is 9.13. The smallest absolute Gasteiger partial charge is 0.0897 e. The van der Waals surface area contributed by atoms with Gasteiger partial charge in [-0.3, -0.25) is 0 Å². The van der Waals surface area contributed by atoms with Gasteiger partial charge < -0.3 is 5.73 Å². The van der Waals surface area contributed by atoms with Crippen molar-refractivity contribution in [1.29, 1.82) is 0 Å². The summed E-state index contributed by atoms with van der Waals surface area (Å²) in [5.41, 5.74) is 8.37. The largest absolute Gasteiger partial charge is 0.327 e. The van der Waals surface area contributed by atoms with E-state index in [1.54, 1.807) is 11.3 Å². The van der Waals surface area contributed by atoms with Crippen LogP contribution < -0.4 is 5.73 Å². The molecule has 1 aromatic heterocycles. The highest BCUT2D eigenvalue weighted by molar-refractivity contribution is 7.09. The number of nitrogens with zero attached hydrogens (tertiary/aromatic N) is 1. The molecule has 3 heteroatoms. The van der Waals surface area contributed by atoms with E-state index in [9.17, 15) is 0 Å². The summed E-state index contributed by atoms with van der Waals surface area (Å²) in [6.07, 6.45) is 9.72. The fraction of sp³-hybridized carbons (Fsp3) is 0.812. The van der Waals surface area contributed by atoms with Crippen LogP contribution >= 0.6 is 11.3 Å². The number of rotatable bonds is 3. The van der Waals surface area contributed by atoms with E-state index in [1.165, 1.54) is 49.2 Å². The first-order valence-corrected chi connectivity index (χ1v) is 8.67. The first-order valence-electron chi connectivity index (χ1n) is 7.79. The summed E-state index contributed by atoms with van der Waals surface area (Å²) in [6.45, 7) is 2.09. The molecule has 4 aliphatic carbocycles. The summed E-state index contributed by atoms with van der Waals surface area (Å²) in [5, 5.41) is 3.38. The maximum Gasteiger partial charge on any atom is 0.0897 e. The average molecular weight is 276 g/mol. The summed E-state index contributed by atoms with van der Waals surface area (Å²) in [5.74, 6) is 2.98. The van der Waals surface area contributed by atoms with Crippen LogP contribution in [0.2, 0.25) is 0 Å². The summed E-state index contributed by atoms with van der Waals surface area (Å²) in [4.78, 5) is 4.62. The van der Waals surface area contributed by atoms with E-state index >= 15 is 0 Å². The maximum atomic E-state index is 6.68. The van der Waals surface area contributed by atoms with Crippen LogP contribution in [0.1, 0.15) is 49.2 Å². The van der Waals surface area contributed by atoms with Crippen molar-refractivity contribution in [1.82, 2.24) is 4.98 Å². The molecule has 1 unspecified atom stereocenters. The molecule has 4 saturated carbocycles. The normalized spacial score (nSPS) is 41.7. The molecule has 5 rings (SSSR count). The molecule has 4 fully saturated rings. The van der Waals surface area contributed by atoms with Crippen molar-refractivity contribution in [3.63, 3.8) is 0 Å². The van der Waals surface area contributed by atoms with Gasteiger partial charge in [0.1, 0.15) is 0 Å². The van der Waals surface area contributed by atoms with Gasteiger partial charge in [-0.25, -0.2) is 4.98 Å². The molecule has 1 heterocycles. The van der Waals surface area contributed by atoms with Crippen molar-refractivity contribution in [2.75, 3.05) is 0 Å². The minimum Gasteiger partial charge on any atom is -0.327 e. The molecule has 0 radical (unpaired) electrons. The number of hydrogen-bond donors (Lipinski definition) is 1. The quantitative estimate of drug-likeness (QED) is 0.917. The second-order valence-corrected chi connectivity index (χ2v) is 8.51. The minimum atomic E-state index is 0.336. The highest BCUT2D eigenvalue weighted by Gasteiger charge is 2.53. The zero-order chi connectivity index (χ0) is 13.0. The van der Waals surface area contributed by atoms with Crippen LogP contribution in [0, 0.1) is 30.1 Å². The number of nitrogens with two attached hydrogens (primary N) is 1. The predicted octanol–water partition coefficient (Wildman–Crippen LogP) is 3.54. The SMILES string of the molecule is Cc1nc(CC(N)C23CC4CC(CC(C4)C2)C3)cs1. The third kappa shape index (κ3) is 2.06. The van der Waals surface area contributed by atoms with Crippen LogP contribution in [0.3, 0.4) is 0 Å². The third-order valence-corrected chi connectivity index (χ3v) is 6.79. The molecule has 0 aromatic carbocycles. The van der Waals surface area contributed by atoms with Crippen molar-refractivity contribution < 1.29 is 0 Å². The second kappa shape index (κ2) is 4.29. The van der Waals surface area contributed by atoms with Gasteiger partial charge in [0.25, 0.3) is 0 Å². The molecule has 1 aromatic rings. The van der Waals surface area contributed by atoms with Crippen LogP contribution in [-0.2, 0) is 6.42 Å². The molecule has 1 atom stereocenters. The van der Waals surface area contributed by atoms with Crippen LogP contribution in [-0.4, -0.2) is 11.0 Å². The Labute approximate surface area is 119 Å². The van der Waals surface area contributed by atoms with E-state index in [4.69, 9.17) is 5.73 Å². The molecule has 4 aliphatic rings. The number of thiazole rings is 1. The van der Waals surface area contributed by atoms with E-state index in [2.05, 4.69) is 17.3 Å². The third-order valence-electron chi connectivity index (χ3n) is 5.97. The zero-order valence-electron chi connectivity index (χ0n) is 11.8. The van der Waals surface area contributed by atoms with Crippen LogP contribution in [0.25, 0.3) is 0 Å². The van der Waals surface area contributed by atoms with Gasteiger partial charge >= 0.3 is 0 Å². The lowest BCUT2D eigenvalue weighted by atomic mass is 9.47. The highest BCUT2D eigenvalue weighted by atomic mass is 32.1. The Hall–Kier alpha value is -0.410. The van der Waals surface area contributed by atoms with Gasteiger partial charge in [0.15, 0.2) is 0 Å². The van der Waals surface area contributed by atoms with Gasteiger partial charge in [0.05, 0.1) is 10.7 Å². The van der Waals surface area contributed by atoms with Crippen molar-refractivity contribution in [3.05, 3.63) is 16.1 Å². The molecule has 104 valence electrons. The Kier molecular flexibility index (Phi) is 2.79. The van der Waals surface area contributed by atoms with E-state index < -0.39 is 0 Å². The molecular formula is C16H24N2S. The topological polar surface area (TPSA) is 38.9 Å². The van der Waals surface area contributed by atoms with E-state index in [0.717, 1.165) is 24.2 Å². The lowest BCUT2D eigenvalue weighted by Crippen LogP contribution is -2.55. The maximum absolute atomic E-state index is 6.68.